The SMILES string of the molecule is CCCCCC/C=C\C=C/CCCCCCCC(=O)OC[C@H](COP(=O)(O)OC[C@@H](O)COP(=O)(O)OC[C@@H](COC(=O)CCCCCCCCCCCCCC)OC(=O)CCCCCCCCCCCCCCC(C)C)OC(=O)CCCCCCCCCCCCCCCC(C)C. The normalized spacial score (nSPS) is 14.1. The maximum atomic E-state index is 13.1. The van der Waals surface area contributed by atoms with Gasteiger partial charge in [-0.2, -0.15) is 0 Å². The molecule has 0 aliphatic carbocycles. The summed E-state index contributed by atoms with van der Waals surface area (Å²) in [4.78, 5) is 73.0. The number of aliphatic hydroxyl groups is 1. The molecule has 3 N–H and O–H groups in total. The standard InChI is InChI=1S/C79H150O17P2/c1-7-9-11-13-15-17-19-21-22-25-32-38-44-50-56-62-77(82)90-68-75(95-78(83)63-57-51-45-39-33-26-23-24-29-35-41-47-53-59-71(3)4)70-94-98(87,88)92-66-73(80)65-91-97(85,86)93-69-74(67-89-76(81)61-55-49-43-37-31-20-18-16-14-12-10-8-2)96-79(84)64-58-52-46-40-34-28-27-30-36-42-48-54-60-72(5)6/h17,19,21-22,71-75,80H,7-16,18,20,23-70H2,1-6H3,(H,85,86)(H,87,88)/b19-17-,22-21-/t73-,74+,75+/m0/s1. The van der Waals surface area contributed by atoms with Gasteiger partial charge in [-0.1, -0.05) is 336 Å². The number of unbranched alkanes of at least 4 members (excludes halogenated alkanes) is 43. The van der Waals surface area contributed by atoms with E-state index in [2.05, 4.69) is 65.8 Å². The number of hydrogen-bond donors (Lipinski definition) is 3. The Morgan fingerprint density at radius 3 is 0.837 bits per heavy atom. The Balaban J connectivity index is 5.30. The summed E-state index contributed by atoms with van der Waals surface area (Å²) in [7, 11) is -9.93. The van der Waals surface area contributed by atoms with E-state index < -0.39 is 97.5 Å². The second-order valence-electron chi connectivity index (χ2n) is 28.7. The third kappa shape index (κ3) is 71.9. The third-order valence-corrected chi connectivity index (χ3v) is 19.7. The Bertz CT molecular complexity index is 1980. The van der Waals surface area contributed by atoms with Crippen molar-refractivity contribution in [2.75, 3.05) is 39.6 Å². The smallest absolute Gasteiger partial charge is 0.462 e. The average Bonchev–Trinajstić information content (AvgIpc) is 1.12. The molecule has 0 saturated heterocycles. The topological polar surface area (TPSA) is 237 Å². The number of aliphatic hydroxyl groups excluding tert-OH is 1. The van der Waals surface area contributed by atoms with Crippen LogP contribution in [-0.2, 0) is 65.4 Å². The fraction of sp³-hybridized carbons (Fsp3) is 0.899. The van der Waals surface area contributed by atoms with Gasteiger partial charge in [-0.05, 0) is 63.2 Å². The second-order valence-corrected chi connectivity index (χ2v) is 31.6. The lowest BCUT2D eigenvalue weighted by atomic mass is 10.0. The molecule has 5 atom stereocenters. The Morgan fingerprint density at radius 1 is 0.316 bits per heavy atom. The van der Waals surface area contributed by atoms with Crippen molar-refractivity contribution in [2.24, 2.45) is 11.8 Å². The van der Waals surface area contributed by atoms with E-state index in [1.165, 1.54) is 186 Å². The molecule has 19 heteroatoms. The summed E-state index contributed by atoms with van der Waals surface area (Å²) < 4.78 is 68.6. The van der Waals surface area contributed by atoms with E-state index in [1.807, 2.05) is 0 Å². The van der Waals surface area contributed by atoms with Crippen LogP contribution in [0.5, 0.6) is 0 Å². The second kappa shape index (κ2) is 70.2. The Hall–Kier alpha value is -2.46. The molecule has 0 aromatic rings. The molecule has 0 rings (SSSR count). The van der Waals surface area contributed by atoms with Gasteiger partial charge in [-0.3, -0.25) is 37.3 Å². The van der Waals surface area contributed by atoms with Crippen LogP contribution in [0.2, 0.25) is 0 Å². The highest BCUT2D eigenvalue weighted by Gasteiger charge is 2.30. The molecule has 0 aromatic carbocycles. The van der Waals surface area contributed by atoms with E-state index in [1.54, 1.807) is 0 Å². The summed E-state index contributed by atoms with van der Waals surface area (Å²) in [6.07, 6.45) is 61.7. The highest BCUT2D eigenvalue weighted by Crippen LogP contribution is 2.45. The Labute approximate surface area is 599 Å². The minimum Gasteiger partial charge on any atom is -0.462 e. The number of ether oxygens (including phenoxy) is 4. The van der Waals surface area contributed by atoms with Gasteiger partial charge in [-0.15, -0.1) is 0 Å². The van der Waals surface area contributed by atoms with Crippen LogP contribution in [0.1, 0.15) is 388 Å². The molecule has 0 saturated carbocycles. The molecule has 2 unspecified atom stereocenters. The van der Waals surface area contributed by atoms with Gasteiger partial charge in [-0.25, -0.2) is 9.13 Å². The molecule has 0 aliphatic rings. The number of phosphoric acid groups is 2. The fourth-order valence-corrected chi connectivity index (χ4v) is 13.2. The quantitative estimate of drug-likeness (QED) is 0.0169. The zero-order valence-electron chi connectivity index (χ0n) is 63.6. The van der Waals surface area contributed by atoms with Crippen LogP contribution in [0.4, 0.5) is 0 Å². The third-order valence-electron chi connectivity index (χ3n) is 17.8. The zero-order valence-corrected chi connectivity index (χ0v) is 65.4. The number of allylic oxidation sites excluding steroid dienone is 4. The Morgan fingerprint density at radius 2 is 0.551 bits per heavy atom. The molecule has 0 heterocycles. The predicted octanol–water partition coefficient (Wildman–Crippen LogP) is 23.1. The van der Waals surface area contributed by atoms with Crippen molar-refractivity contribution in [2.45, 2.75) is 407 Å². The molecule has 98 heavy (non-hydrogen) atoms. The molecule has 0 spiro atoms. The first-order valence-corrected chi connectivity index (χ1v) is 43.3. The number of carbonyl (C=O) groups excluding carboxylic acids is 4. The van der Waals surface area contributed by atoms with Crippen molar-refractivity contribution in [3.8, 4) is 0 Å². The summed E-state index contributed by atoms with van der Waals surface area (Å²) in [6.45, 7) is 9.58. The molecule has 0 fully saturated rings. The van der Waals surface area contributed by atoms with Gasteiger partial charge in [0.15, 0.2) is 12.2 Å². The number of carbonyl (C=O) groups is 4. The molecule has 0 aromatic heterocycles. The first kappa shape index (κ1) is 95.5. The van der Waals surface area contributed by atoms with Crippen molar-refractivity contribution in [1.82, 2.24) is 0 Å². The summed E-state index contributed by atoms with van der Waals surface area (Å²) >= 11 is 0. The van der Waals surface area contributed by atoms with Crippen molar-refractivity contribution in [3.05, 3.63) is 24.3 Å². The molecule has 578 valence electrons. The highest BCUT2D eigenvalue weighted by atomic mass is 31.2. The van der Waals surface area contributed by atoms with E-state index in [0.717, 1.165) is 121 Å². The fourth-order valence-electron chi connectivity index (χ4n) is 11.6. The van der Waals surface area contributed by atoms with Crippen LogP contribution in [0, 0.1) is 11.8 Å². The van der Waals surface area contributed by atoms with Crippen LogP contribution < -0.4 is 0 Å². The monoisotopic (exact) mass is 1430 g/mol. The van der Waals surface area contributed by atoms with E-state index in [-0.39, 0.29) is 25.7 Å². The van der Waals surface area contributed by atoms with Crippen molar-refractivity contribution < 1.29 is 80.2 Å². The number of esters is 4. The van der Waals surface area contributed by atoms with Crippen molar-refractivity contribution >= 4 is 39.5 Å². The first-order chi connectivity index (χ1) is 47.4. The predicted molar refractivity (Wildman–Crippen MR) is 400 cm³/mol. The van der Waals surface area contributed by atoms with E-state index in [4.69, 9.17) is 37.0 Å². The van der Waals surface area contributed by atoms with Gasteiger partial charge < -0.3 is 33.8 Å². The zero-order chi connectivity index (χ0) is 72.1. The number of phosphoric ester groups is 2. The lowest BCUT2D eigenvalue weighted by Crippen LogP contribution is -2.30. The van der Waals surface area contributed by atoms with Crippen LogP contribution in [0.3, 0.4) is 0 Å². The van der Waals surface area contributed by atoms with Gasteiger partial charge in [0, 0.05) is 25.7 Å². The Kier molecular flexibility index (Phi) is 68.5. The van der Waals surface area contributed by atoms with E-state index in [0.29, 0.717) is 25.7 Å². The van der Waals surface area contributed by atoms with Gasteiger partial charge in [0.1, 0.15) is 19.3 Å². The molecular formula is C79H150O17P2. The van der Waals surface area contributed by atoms with Crippen LogP contribution in [0.15, 0.2) is 24.3 Å². The van der Waals surface area contributed by atoms with Crippen molar-refractivity contribution in [1.29, 1.82) is 0 Å². The van der Waals surface area contributed by atoms with Gasteiger partial charge >= 0.3 is 39.5 Å². The molecule has 17 nitrogen and oxygen atoms in total. The van der Waals surface area contributed by atoms with Gasteiger partial charge in [0.2, 0.25) is 0 Å². The van der Waals surface area contributed by atoms with Crippen LogP contribution >= 0.6 is 15.6 Å². The van der Waals surface area contributed by atoms with E-state index in [9.17, 15) is 43.2 Å². The highest BCUT2D eigenvalue weighted by molar-refractivity contribution is 7.47. The summed E-state index contributed by atoms with van der Waals surface area (Å²) in [5.41, 5.74) is 0. The first-order valence-electron chi connectivity index (χ1n) is 40.3. The summed E-state index contributed by atoms with van der Waals surface area (Å²) in [5, 5.41) is 10.6. The largest absolute Gasteiger partial charge is 0.472 e. The lowest BCUT2D eigenvalue weighted by Gasteiger charge is -2.21. The molecule has 0 radical (unpaired) electrons. The summed E-state index contributed by atoms with van der Waals surface area (Å²) in [5.74, 6) is -0.580. The van der Waals surface area contributed by atoms with Gasteiger partial charge in [0.05, 0.1) is 26.4 Å². The minimum atomic E-state index is -4.97. The molecule has 0 aliphatic heterocycles. The van der Waals surface area contributed by atoms with Crippen molar-refractivity contribution in [3.63, 3.8) is 0 Å². The molecular weight excluding hydrogens is 1280 g/mol. The average molecular weight is 1430 g/mol. The van der Waals surface area contributed by atoms with E-state index >= 15 is 0 Å². The lowest BCUT2D eigenvalue weighted by molar-refractivity contribution is -0.161. The molecule has 0 amide bonds. The van der Waals surface area contributed by atoms with Crippen LogP contribution in [0.25, 0.3) is 0 Å². The maximum absolute atomic E-state index is 13.1. The molecule has 0 bridgehead atoms. The number of rotatable bonds is 76. The van der Waals surface area contributed by atoms with Crippen LogP contribution in [-0.4, -0.2) is 96.7 Å². The number of hydrogen-bond acceptors (Lipinski definition) is 15. The minimum absolute atomic E-state index is 0.100. The maximum Gasteiger partial charge on any atom is 0.472 e. The summed E-state index contributed by atoms with van der Waals surface area (Å²) in [6, 6.07) is 0. The van der Waals surface area contributed by atoms with Gasteiger partial charge in [0.25, 0.3) is 0 Å².